The zero-order valence-electron chi connectivity index (χ0n) is 13.2. The van der Waals surface area contributed by atoms with E-state index in [1.807, 2.05) is 0 Å². The van der Waals surface area contributed by atoms with Crippen molar-refractivity contribution in [1.29, 1.82) is 0 Å². The number of pyridine rings is 1. The zero-order chi connectivity index (χ0) is 17.2. The standard InChI is InChI=1S/C16H20N2O5/c1-16(2,7-6-13(20)21)18-15(23)10-8-9-11(17-14(10)22)4-3-5-12(9)19/h8H,3-7H2,1-2H3,(H,17,22)(H,18,23)(H,20,21). The first-order valence-electron chi connectivity index (χ1n) is 7.53. The molecular weight excluding hydrogens is 300 g/mol. The number of hydrogen-bond donors (Lipinski definition) is 3. The number of hydrogen-bond acceptors (Lipinski definition) is 4. The lowest BCUT2D eigenvalue weighted by molar-refractivity contribution is -0.137. The minimum absolute atomic E-state index is 0.0818. The van der Waals surface area contributed by atoms with Crippen LogP contribution in [-0.2, 0) is 11.2 Å². The molecule has 1 heterocycles. The third kappa shape index (κ3) is 4.06. The third-order valence-corrected chi connectivity index (χ3v) is 3.91. The molecule has 7 heteroatoms. The smallest absolute Gasteiger partial charge is 0.303 e. The zero-order valence-corrected chi connectivity index (χ0v) is 13.2. The second-order valence-electron chi connectivity index (χ2n) is 6.41. The summed E-state index contributed by atoms with van der Waals surface area (Å²) in [4.78, 5) is 49.6. The number of ketones is 1. The van der Waals surface area contributed by atoms with Crippen molar-refractivity contribution in [3.8, 4) is 0 Å². The van der Waals surface area contributed by atoms with Gasteiger partial charge in [-0.05, 0) is 39.2 Å². The fraction of sp³-hybridized carbons (Fsp3) is 0.500. The highest BCUT2D eigenvalue weighted by Crippen LogP contribution is 2.19. The van der Waals surface area contributed by atoms with E-state index in [9.17, 15) is 19.2 Å². The van der Waals surface area contributed by atoms with Gasteiger partial charge in [0.05, 0.1) is 0 Å². The van der Waals surface area contributed by atoms with E-state index in [1.165, 1.54) is 6.07 Å². The van der Waals surface area contributed by atoms with Gasteiger partial charge < -0.3 is 15.4 Å². The Bertz CT molecular complexity index is 718. The van der Waals surface area contributed by atoms with Crippen LogP contribution >= 0.6 is 0 Å². The number of rotatable bonds is 5. The number of carboxylic acids is 1. The van der Waals surface area contributed by atoms with Crippen molar-refractivity contribution in [2.24, 2.45) is 0 Å². The fourth-order valence-corrected chi connectivity index (χ4v) is 2.60. The summed E-state index contributed by atoms with van der Waals surface area (Å²) in [6.07, 6.45) is 1.85. The summed E-state index contributed by atoms with van der Waals surface area (Å²) in [5.74, 6) is -1.64. The average molecular weight is 320 g/mol. The number of aryl methyl sites for hydroxylation is 1. The normalized spacial score (nSPS) is 14.3. The molecule has 2 rings (SSSR count). The molecular formula is C16H20N2O5. The fourth-order valence-electron chi connectivity index (χ4n) is 2.60. The highest BCUT2D eigenvalue weighted by Gasteiger charge is 2.26. The molecule has 0 unspecified atom stereocenters. The number of amides is 1. The molecule has 7 nitrogen and oxygen atoms in total. The molecule has 1 aromatic rings. The van der Waals surface area contributed by atoms with Crippen molar-refractivity contribution in [2.45, 2.75) is 51.5 Å². The number of H-pyrrole nitrogens is 1. The van der Waals surface area contributed by atoms with Crippen LogP contribution in [0, 0.1) is 0 Å². The van der Waals surface area contributed by atoms with Crippen LogP contribution in [0.2, 0.25) is 0 Å². The second-order valence-corrected chi connectivity index (χ2v) is 6.41. The van der Waals surface area contributed by atoms with Gasteiger partial charge in [-0.3, -0.25) is 19.2 Å². The van der Waals surface area contributed by atoms with Crippen LogP contribution in [0.3, 0.4) is 0 Å². The molecule has 0 saturated carbocycles. The summed E-state index contributed by atoms with van der Waals surface area (Å²) in [6, 6.07) is 1.35. The van der Waals surface area contributed by atoms with Gasteiger partial charge in [-0.1, -0.05) is 0 Å². The predicted molar refractivity (Wildman–Crippen MR) is 82.7 cm³/mol. The van der Waals surface area contributed by atoms with E-state index in [0.29, 0.717) is 30.5 Å². The SMILES string of the molecule is CC(C)(CCC(=O)O)NC(=O)c1cc2c([nH]c1=O)CCCC2=O. The number of carboxylic acid groups (broad SMARTS) is 1. The maximum Gasteiger partial charge on any atom is 0.303 e. The summed E-state index contributed by atoms with van der Waals surface area (Å²) in [6.45, 7) is 3.37. The van der Waals surface area contributed by atoms with Gasteiger partial charge in [0.1, 0.15) is 5.56 Å². The Morgan fingerprint density at radius 1 is 1.30 bits per heavy atom. The van der Waals surface area contributed by atoms with Crippen LogP contribution in [0.25, 0.3) is 0 Å². The Balaban J connectivity index is 2.23. The number of aromatic nitrogens is 1. The molecule has 1 aromatic heterocycles. The largest absolute Gasteiger partial charge is 0.481 e. The van der Waals surface area contributed by atoms with Crippen LogP contribution in [0.5, 0.6) is 0 Å². The Labute approximate surface area is 133 Å². The minimum Gasteiger partial charge on any atom is -0.481 e. The number of nitrogens with one attached hydrogen (secondary N) is 2. The topological polar surface area (TPSA) is 116 Å². The van der Waals surface area contributed by atoms with Crippen LogP contribution in [0.4, 0.5) is 0 Å². The van der Waals surface area contributed by atoms with E-state index in [4.69, 9.17) is 5.11 Å². The molecule has 0 atom stereocenters. The average Bonchev–Trinajstić information content (AvgIpc) is 2.44. The van der Waals surface area contributed by atoms with Gasteiger partial charge in [0.15, 0.2) is 5.78 Å². The summed E-state index contributed by atoms with van der Waals surface area (Å²) in [5.41, 5.74) is -0.466. The molecule has 1 amide bonds. The van der Waals surface area contributed by atoms with E-state index in [0.717, 1.165) is 0 Å². The first-order chi connectivity index (χ1) is 10.7. The molecule has 0 aromatic carbocycles. The predicted octanol–water partition coefficient (Wildman–Crippen LogP) is 1.27. The molecule has 0 aliphatic heterocycles. The Morgan fingerprint density at radius 3 is 2.65 bits per heavy atom. The van der Waals surface area contributed by atoms with Crippen molar-refractivity contribution in [3.05, 3.63) is 33.2 Å². The molecule has 1 aliphatic rings. The summed E-state index contributed by atoms with van der Waals surface area (Å²) in [5, 5.41) is 11.4. The number of carbonyl (C=O) groups excluding carboxylic acids is 2. The first kappa shape index (κ1) is 16.9. The van der Waals surface area contributed by atoms with Crippen LogP contribution in [-0.4, -0.2) is 33.3 Å². The summed E-state index contributed by atoms with van der Waals surface area (Å²) >= 11 is 0. The molecule has 0 saturated heterocycles. The molecule has 23 heavy (non-hydrogen) atoms. The van der Waals surface area contributed by atoms with Gasteiger partial charge in [0.2, 0.25) is 0 Å². The maximum absolute atomic E-state index is 12.3. The van der Waals surface area contributed by atoms with E-state index in [-0.39, 0.29) is 24.2 Å². The number of carbonyl (C=O) groups is 3. The highest BCUT2D eigenvalue weighted by molar-refractivity contribution is 6.01. The lowest BCUT2D eigenvalue weighted by atomic mass is 9.93. The van der Waals surface area contributed by atoms with Gasteiger partial charge in [0.25, 0.3) is 11.5 Å². The lowest BCUT2D eigenvalue weighted by Gasteiger charge is -2.25. The van der Waals surface area contributed by atoms with E-state index >= 15 is 0 Å². The molecule has 3 N–H and O–H groups in total. The third-order valence-electron chi connectivity index (χ3n) is 3.91. The Hall–Kier alpha value is -2.44. The molecule has 124 valence electrons. The van der Waals surface area contributed by atoms with Crippen LogP contribution in [0.1, 0.15) is 65.9 Å². The number of aliphatic carboxylic acids is 1. The first-order valence-corrected chi connectivity index (χ1v) is 7.53. The Kier molecular flexibility index (Phi) is 4.68. The highest BCUT2D eigenvalue weighted by atomic mass is 16.4. The van der Waals surface area contributed by atoms with Crippen LogP contribution < -0.4 is 10.9 Å². The van der Waals surface area contributed by atoms with E-state index < -0.39 is 23.0 Å². The van der Waals surface area contributed by atoms with Crippen molar-refractivity contribution in [3.63, 3.8) is 0 Å². The Morgan fingerprint density at radius 2 is 2.00 bits per heavy atom. The molecule has 0 bridgehead atoms. The van der Waals surface area contributed by atoms with Crippen molar-refractivity contribution in [1.82, 2.24) is 10.3 Å². The van der Waals surface area contributed by atoms with Gasteiger partial charge in [-0.2, -0.15) is 0 Å². The second kappa shape index (κ2) is 6.36. The van der Waals surface area contributed by atoms with Crippen molar-refractivity contribution < 1.29 is 19.5 Å². The van der Waals surface area contributed by atoms with Crippen molar-refractivity contribution in [2.75, 3.05) is 0 Å². The van der Waals surface area contributed by atoms with E-state index in [1.54, 1.807) is 13.8 Å². The van der Waals surface area contributed by atoms with Gasteiger partial charge in [-0.15, -0.1) is 0 Å². The van der Waals surface area contributed by atoms with Crippen LogP contribution in [0.15, 0.2) is 10.9 Å². The maximum atomic E-state index is 12.3. The van der Waals surface area contributed by atoms with Gasteiger partial charge in [-0.25, -0.2) is 0 Å². The molecule has 0 fully saturated rings. The van der Waals surface area contributed by atoms with Gasteiger partial charge >= 0.3 is 5.97 Å². The van der Waals surface area contributed by atoms with E-state index in [2.05, 4.69) is 10.3 Å². The lowest BCUT2D eigenvalue weighted by Crippen LogP contribution is -2.45. The number of fused-ring (bicyclic) bond motifs is 1. The molecule has 0 spiro atoms. The molecule has 0 radical (unpaired) electrons. The van der Waals surface area contributed by atoms with Gasteiger partial charge in [0, 0.05) is 29.6 Å². The number of Topliss-reactive ketones (excluding diaryl/α,β-unsaturated/α-hetero) is 1. The van der Waals surface area contributed by atoms with Crippen molar-refractivity contribution >= 4 is 17.7 Å². The monoisotopic (exact) mass is 320 g/mol. The number of aromatic amines is 1. The summed E-state index contributed by atoms with van der Waals surface area (Å²) in [7, 11) is 0. The minimum atomic E-state index is -0.954. The summed E-state index contributed by atoms with van der Waals surface area (Å²) < 4.78 is 0. The molecule has 1 aliphatic carbocycles. The quantitative estimate of drug-likeness (QED) is 0.755.